The molecule has 1 aliphatic heterocycles. The van der Waals surface area contributed by atoms with Crippen LogP contribution in [0.15, 0.2) is 60.1 Å². The highest BCUT2D eigenvalue weighted by Gasteiger charge is 2.54. The first kappa shape index (κ1) is 22.9. The fourth-order valence-electron chi connectivity index (χ4n) is 4.02. The van der Waals surface area contributed by atoms with Gasteiger partial charge >= 0.3 is 0 Å². The number of carbonyl (C=O) groups excluding carboxylic acids is 3. The average molecular weight is 483 g/mol. The Morgan fingerprint density at radius 2 is 2.00 bits per heavy atom. The molecule has 0 saturated carbocycles. The number of halogens is 1. The van der Waals surface area contributed by atoms with Crippen LogP contribution >= 0.6 is 22.9 Å². The number of anilines is 2. The molecule has 2 aromatic heterocycles. The Labute approximate surface area is 200 Å². The number of imide groups is 1. The summed E-state index contributed by atoms with van der Waals surface area (Å²) < 4.78 is 0. The molecule has 9 heteroatoms. The van der Waals surface area contributed by atoms with Crippen molar-refractivity contribution in [3.8, 4) is 0 Å². The predicted molar refractivity (Wildman–Crippen MR) is 129 cm³/mol. The zero-order chi connectivity index (χ0) is 23.5. The summed E-state index contributed by atoms with van der Waals surface area (Å²) in [5.41, 5.74) is 7.46. The highest BCUT2D eigenvalue weighted by atomic mass is 35.5. The number of β-lactam (4-membered cyclic amide) rings is 1. The molecule has 2 N–H and O–H groups in total. The van der Waals surface area contributed by atoms with Crippen LogP contribution in [0.3, 0.4) is 0 Å². The summed E-state index contributed by atoms with van der Waals surface area (Å²) in [5, 5.41) is 3.20. The number of benzene rings is 1. The number of thiophene rings is 1. The number of nitrogen functional groups attached to an aromatic ring is 1. The van der Waals surface area contributed by atoms with Gasteiger partial charge in [0.15, 0.2) is 0 Å². The van der Waals surface area contributed by atoms with Crippen LogP contribution in [0.4, 0.5) is 10.8 Å². The molecular formula is C24H23ClN4O3S. The molecule has 33 heavy (non-hydrogen) atoms. The maximum Gasteiger partial charge on any atom is 0.251 e. The number of hydrogen-bond acceptors (Lipinski definition) is 6. The quantitative estimate of drug-likeness (QED) is 0.519. The first-order valence-corrected chi connectivity index (χ1v) is 11.7. The monoisotopic (exact) mass is 482 g/mol. The third kappa shape index (κ3) is 4.91. The SMILES string of the molecule is CN(C(=O)[C@@H]1[C@@H](Cc2ccnc(N)c2)C(=O)N1C(=O)CCc1cccc(Cl)c1)c1cccs1. The molecule has 0 aliphatic carbocycles. The summed E-state index contributed by atoms with van der Waals surface area (Å²) in [5.74, 6) is -1.31. The minimum Gasteiger partial charge on any atom is -0.384 e. The third-order valence-electron chi connectivity index (χ3n) is 5.72. The number of rotatable bonds is 7. The van der Waals surface area contributed by atoms with Crippen molar-refractivity contribution in [2.45, 2.75) is 25.3 Å². The first-order chi connectivity index (χ1) is 15.8. The van der Waals surface area contributed by atoms with Crippen LogP contribution in [-0.4, -0.2) is 40.7 Å². The molecule has 1 aromatic carbocycles. The van der Waals surface area contributed by atoms with Gasteiger partial charge < -0.3 is 10.6 Å². The van der Waals surface area contributed by atoms with E-state index in [2.05, 4.69) is 4.98 Å². The van der Waals surface area contributed by atoms with E-state index in [9.17, 15) is 14.4 Å². The van der Waals surface area contributed by atoms with Gasteiger partial charge in [-0.05, 0) is 65.7 Å². The fourth-order valence-corrected chi connectivity index (χ4v) is 4.93. The second-order valence-electron chi connectivity index (χ2n) is 7.92. The van der Waals surface area contributed by atoms with Crippen molar-refractivity contribution in [3.63, 3.8) is 0 Å². The number of likely N-dealkylation sites (tertiary alicyclic amines) is 1. The molecule has 1 saturated heterocycles. The number of aromatic nitrogens is 1. The summed E-state index contributed by atoms with van der Waals surface area (Å²) in [4.78, 5) is 46.1. The predicted octanol–water partition coefficient (Wildman–Crippen LogP) is 3.57. The van der Waals surface area contributed by atoms with Crippen LogP contribution in [0.1, 0.15) is 17.5 Å². The van der Waals surface area contributed by atoms with Crippen molar-refractivity contribution in [2.75, 3.05) is 17.7 Å². The molecule has 7 nitrogen and oxygen atoms in total. The fraction of sp³-hybridized carbons (Fsp3) is 0.250. The van der Waals surface area contributed by atoms with E-state index < -0.39 is 12.0 Å². The number of nitrogens with zero attached hydrogens (tertiary/aromatic N) is 3. The van der Waals surface area contributed by atoms with E-state index in [1.165, 1.54) is 16.2 Å². The van der Waals surface area contributed by atoms with Gasteiger partial charge in [0.05, 0.1) is 10.9 Å². The number of likely N-dealkylation sites (N-methyl/N-ethyl adjacent to an activating group) is 1. The minimum absolute atomic E-state index is 0.105. The molecule has 170 valence electrons. The molecule has 2 atom stereocenters. The summed E-state index contributed by atoms with van der Waals surface area (Å²) >= 11 is 7.45. The van der Waals surface area contributed by atoms with Gasteiger partial charge in [0.25, 0.3) is 5.91 Å². The lowest BCUT2D eigenvalue weighted by atomic mass is 9.81. The minimum atomic E-state index is -0.870. The van der Waals surface area contributed by atoms with Gasteiger partial charge in [-0.15, -0.1) is 11.3 Å². The van der Waals surface area contributed by atoms with Gasteiger partial charge in [0, 0.05) is 24.7 Å². The second kappa shape index (κ2) is 9.72. The number of nitrogens with two attached hydrogens (primary N) is 1. The van der Waals surface area contributed by atoms with E-state index in [1.807, 2.05) is 29.6 Å². The lowest BCUT2D eigenvalue weighted by Gasteiger charge is -2.45. The lowest BCUT2D eigenvalue weighted by molar-refractivity contribution is -0.170. The molecule has 4 rings (SSSR count). The van der Waals surface area contributed by atoms with Crippen LogP contribution in [0, 0.1) is 5.92 Å². The molecule has 0 unspecified atom stereocenters. The zero-order valence-corrected chi connectivity index (χ0v) is 19.6. The van der Waals surface area contributed by atoms with Crippen molar-refractivity contribution < 1.29 is 14.4 Å². The molecule has 3 aromatic rings. The number of carbonyl (C=O) groups is 3. The van der Waals surface area contributed by atoms with E-state index in [0.29, 0.717) is 23.7 Å². The summed E-state index contributed by atoms with van der Waals surface area (Å²) in [7, 11) is 1.66. The van der Waals surface area contributed by atoms with Crippen LogP contribution in [-0.2, 0) is 27.2 Å². The number of amides is 3. The Hall–Kier alpha value is -3.23. The lowest BCUT2D eigenvalue weighted by Crippen LogP contribution is -2.69. The van der Waals surface area contributed by atoms with Gasteiger partial charge in [-0.2, -0.15) is 0 Å². The molecule has 1 fully saturated rings. The Morgan fingerprint density at radius 1 is 1.18 bits per heavy atom. The maximum atomic E-state index is 13.4. The Bertz CT molecular complexity index is 1180. The zero-order valence-electron chi connectivity index (χ0n) is 18.0. The van der Waals surface area contributed by atoms with Crippen LogP contribution < -0.4 is 10.6 Å². The molecule has 0 spiro atoms. The van der Waals surface area contributed by atoms with Crippen LogP contribution in [0.25, 0.3) is 0 Å². The Morgan fingerprint density at radius 3 is 2.70 bits per heavy atom. The normalized spacial score (nSPS) is 17.5. The molecule has 3 heterocycles. The van der Waals surface area contributed by atoms with Crippen molar-refractivity contribution in [2.24, 2.45) is 5.92 Å². The number of hydrogen-bond donors (Lipinski definition) is 1. The van der Waals surface area contributed by atoms with Crippen LogP contribution in [0.5, 0.6) is 0 Å². The van der Waals surface area contributed by atoms with Crippen molar-refractivity contribution in [1.82, 2.24) is 9.88 Å². The van der Waals surface area contributed by atoms with Crippen molar-refractivity contribution >= 4 is 51.5 Å². The number of pyridine rings is 1. The van der Waals surface area contributed by atoms with Crippen LogP contribution in [0.2, 0.25) is 5.02 Å². The van der Waals surface area contributed by atoms with Crippen molar-refractivity contribution in [1.29, 1.82) is 0 Å². The maximum absolute atomic E-state index is 13.4. The summed E-state index contributed by atoms with van der Waals surface area (Å²) in [6, 6.07) is 13.5. The van der Waals surface area contributed by atoms with Crippen molar-refractivity contribution in [3.05, 3.63) is 76.3 Å². The third-order valence-corrected chi connectivity index (χ3v) is 6.90. The first-order valence-electron chi connectivity index (χ1n) is 10.5. The van der Waals surface area contributed by atoms with Gasteiger partial charge in [0.2, 0.25) is 11.8 Å². The smallest absolute Gasteiger partial charge is 0.251 e. The molecule has 1 aliphatic rings. The van der Waals surface area contributed by atoms with E-state index in [4.69, 9.17) is 17.3 Å². The standard InChI is InChI=1S/C24H23ClN4O3S/c1-28(21-6-3-11-33-21)24(32)22-18(13-16-9-10-27-19(26)14-16)23(31)29(22)20(30)8-7-15-4-2-5-17(25)12-15/h2-6,9-12,14,18,22H,7-8,13H2,1H3,(H2,26,27)/t18-,22+/m1/s1. The summed E-state index contributed by atoms with van der Waals surface area (Å²) in [6.07, 6.45) is 2.40. The average Bonchev–Trinajstić information content (AvgIpc) is 3.33. The number of aryl methyl sites for hydroxylation is 1. The van der Waals surface area contributed by atoms with E-state index in [1.54, 1.807) is 37.5 Å². The van der Waals surface area contributed by atoms with E-state index in [-0.39, 0.29) is 24.1 Å². The molecule has 0 radical (unpaired) electrons. The molecule has 0 bridgehead atoms. The second-order valence-corrected chi connectivity index (χ2v) is 9.29. The van der Waals surface area contributed by atoms with E-state index >= 15 is 0 Å². The van der Waals surface area contributed by atoms with Gasteiger partial charge in [-0.3, -0.25) is 19.3 Å². The topological polar surface area (TPSA) is 96.6 Å². The van der Waals surface area contributed by atoms with E-state index in [0.717, 1.165) is 21.0 Å². The largest absolute Gasteiger partial charge is 0.384 e. The highest BCUT2D eigenvalue weighted by Crippen LogP contribution is 2.34. The molecular weight excluding hydrogens is 460 g/mol. The Kier molecular flexibility index (Phi) is 6.76. The highest BCUT2D eigenvalue weighted by molar-refractivity contribution is 7.14. The van der Waals surface area contributed by atoms with Gasteiger partial charge in [-0.25, -0.2) is 4.98 Å². The van der Waals surface area contributed by atoms with Gasteiger partial charge in [-0.1, -0.05) is 23.7 Å². The summed E-state index contributed by atoms with van der Waals surface area (Å²) in [6.45, 7) is 0. The molecule has 3 amide bonds. The Balaban J connectivity index is 1.54. The van der Waals surface area contributed by atoms with Gasteiger partial charge in [0.1, 0.15) is 11.9 Å².